The summed E-state index contributed by atoms with van der Waals surface area (Å²) in [6.07, 6.45) is 3.73. The highest BCUT2D eigenvalue weighted by molar-refractivity contribution is 6.23. The normalized spacial score (nSPS) is 12.3. The number of fused-ring (bicyclic) bond motifs is 5. The van der Waals surface area contributed by atoms with Crippen LogP contribution in [0, 0.1) is 0 Å². The van der Waals surface area contributed by atoms with E-state index in [1.807, 2.05) is 50.5 Å². The maximum atomic E-state index is 10.7. The molecule has 0 radical (unpaired) electrons. The lowest BCUT2D eigenvalue weighted by molar-refractivity contribution is 0.0792. The zero-order chi connectivity index (χ0) is 18.6. The minimum absolute atomic E-state index is 0.920. The van der Waals surface area contributed by atoms with Crippen LogP contribution in [0.15, 0.2) is 73.1 Å². The molecule has 132 valence electrons. The molecule has 27 heavy (non-hydrogen) atoms. The number of hydrogen-bond donors (Lipinski definition) is 2. The van der Waals surface area contributed by atoms with Gasteiger partial charge in [-0.25, -0.2) is 0 Å². The van der Waals surface area contributed by atoms with Crippen molar-refractivity contribution in [1.29, 1.82) is 0 Å². The molecule has 3 nitrogen and oxygen atoms in total. The van der Waals surface area contributed by atoms with E-state index in [2.05, 4.69) is 46.4 Å². The van der Waals surface area contributed by atoms with Crippen molar-refractivity contribution in [1.82, 2.24) is 9.97 Å². The third-order valence-electron chi connectivity index (χ3n) is 5.28. The number of nitrogens with one attached hydrogen (secondary N) is 1. The van der Waals surface area contributed by atoms with E-state index in [0.717, 1.165) is 33.1 Å². The van der Waals surface area contributed by atoms with Crippen LogP contribution >= 0.6 is 0 Å². The summed E-state index contributed by atoms with van der Waals surface area (Å²) in [5.41, 5.74) is 4.34. The van der Waals surface area contributed by atoms with Crippen LogP contribution in [0.5, 0.6) is 0 Å². The van der Waals surface area contributed by atoms with Crippen LogP contribution in [0.3, 0.4) is 0 Å². The minimum atomic E-state index is -0.920. The maximum Gasteiger partial charge on any atom is 0.0846 e. The number of nitrogens with zero attached hydrogens (tertiary/aromatic N) is 1. The first kappa shape index (κ1) is 16.0. The van der Waals surface area contributed by atoms with Crippen LogP contribution < -0.4 is 0 Å². The van der Waals surface area contributed by atoms with Crippen molar-refractivity contribution < 1.29 is 5.11 Å². The Morgan fingerprint density at radius 3 is 2.37 bits per heavy atom. The number of hydrogen-bond acceptors (Lipinski definition) is 2. The van der Waals surface area contributed by atoms with Crippen molar-refractivity contribution in [3.05, 3.63) is 78.6 Å². The number of aromatic amines is 1. The summed E-state index contributed by atoms with van der Waals surface area (Å²) in [5, 5.41) is 15.4. The fourth-order valence-corrected chi connectivity index (χ4v) is 4.09. The quantitative estimate of drug-likeness (QED) is 0.424. The van der Waals surface area contributed by atoms with Gasteiger partial charge in [-0.15, -0.1) is 0 Å². The van der Waals surface area contributed by atoms with Gasteiger partial charge in [-0.1, -0.05) is 48.5 Å². The molecule has 0 aliphatic carbocycles. The molecule has 5 rings (SSSR count). The molecule has 5 aromatic rings. The van der Waals surface area contributed by atoms with E-state index in [4.69, 9.17) is 0 Å². The molecule has 0 fully saturated rings. The van der Waals surface area contributed by atoms with Gasteiger partial charge in [0.1, 0.15) is 0 Å². The highest BCUT2D eigenvalue weighted by atomic mass is 16.3. The molecule has 0 atom stereocenters. The third-order valence-corrected chi connectivity index (χ3v) is 5.28. The number of aliphatic hydroxyl groups is 1. The SMILES string of the molecule is CC(C)(O)c1ccccc1-c1cc2[nH]c3ccncc3c2c2ccccc12. The lowest BCUT2D eigenvalue weighted by Gasteiger charge is -2.22. The van der Waals surface area contributed by atoms with E-state index < -0.39 is 5.60 Å². The molecular formula is C24H20N2O. The lowest BCUT2D eigenvalue weighted by Crippen LogP contribution is -2.16. The summed E-state index contributed by atoms with van der Waals surface area (Å²) in [7, 11) is 0. The smallest absolute Gasteiger partial charge is 0.0846 e. The first-order valence-corrected chi connectivity index (χ1v) is 9.13. The van der Waals surface area contributed by atoms with Gasteiger partial charge in [-0.3, -0.25) is 4.98 Å². The van der Waals surface area contributed by atoms with Crippen LogP contribution in [-0.2, 0) is 5.60 Å². The van der Waals surface area contributed by atoms with Crippen LogP contribution in [0.25, 0.3) is 43.7 Å². The standard InChI is InChI=1S/C24H20N2O/c1-24(2,27)20-10-6-5-8-16(20)18-13-22-23(17-9-4-3-7-15(17)18)19-14-25-12-11-21(19)26-22/h3-14,26-27H,1-2H3. The highest BCUT2D eigenvalue weighted by Gasteiger charge is 2.22. The van der Waals surface area contributed by atoms with Gasteiger partial charge in [-0.05, 0) is 53.4 Å². The number of H-pyrrole nitrogens is 1. The lowest BCUT2D eigenvalue weighted by atomic mass is 9.87. The molecule has 3 heteroatoms. The van der Waals surface area contributed by atoms with E-state index in [-0.39, 0.29) is 0 Å². The molecule has 0 bridgehead atoms. The molecule has 0 unspecified atom stereocenters. The van der Waals surface area contributed by atoms with E-state index in [9.17, 15) is 5.11 Å². The summed E-state index contributed by atoms with van der Waals surface area (Å²) in [6, 6.07) is 20.8. The second-order valence-corrected chi connectivity index (χ2v) is 7.54. The van der Waals surface area contributed by atoms with Crippen LogP contribution in [0.1, 0.15) is 19.4 Å². The van der Waals surface area contributed by atoms with Crippen molar-refractivity contribution in [3.8, 4) is 11.1 Å². The maximum absolute atomic E-state index is 10.7. The minimum Gasteiger partial charge on any atom is -0.386 e. The molecule has 2 N–H and O–H groups in total. The van der Waals surface area contributed by atoms with Gasteiger partial charge < -0.3 is 10.1 Å². The summed E-state index contributed by atoms with van der Waals surface area (Å²) in [4.78, 5) is 7.85. The number of pyridine rings is 1. The fraction of sp³-hybridized carbons (Fsp3) is 0.125. The van der Waals surface area contributed by atoms with E-state index in [1.165, 1.54) is 16.2 Å². The number of rotatable bonds is 2. The van der Waals surface area contributed by atoms with Crippen molar-refractivity contribution in [2.75, 3.05) is 0 Å². The molecule has 0 aliphatic rings. The van der Waals surface area contributed by atoms with Crippen LogP contribution in [0.2, 0.25) is 0 Å². The summed E-state index contributed by atoms with van der Waals surface area (Å²) >= 11 is 0. The molecule has 3 aromatic carbocycles. The predicted molar refractivity (Wildman–Crippen MR) is 112 cm³/mol. The van der Waals surface area contributed by atoms with Crippen LogP contribution in [0.4, 0.5) is 0 Å². The molecular weight excluding hydrogens is 332 g/mol. The summed E-state index contributed by atoms with van der Waals surface area (Å²) in [5.74, 6) is 0. The van der Waals surface area contributed by atoms with Crippen molar-refractivity contribution in [3.63, 3.8) is 0 Å². The summed E-state index contributed by atoms with van der Waals surface area (Å²) in [6.45, 7) is 3.67. The van der Waals surface area contributed by atoms with Gasteiger partial charge >= 0.3 is 0 Å². The molecule has 0 amide bonds. The van der Waals surface area contributed by atoms with Gasteiger partial charge in [0.15, 0.2) is 0 Å². The Morgan fingerprint density at radius 2 is 1.56 bits per heavy atom. The van der Waals surface area contributed by atoms with Crippen molar-refractivity contribution in [2.24, 2.45) is 0 Å². The monoisotopic (exact) mass is 352 g/mol. The molecule has 0 saturated heterocycles. The number of benzene rings is 3. The van der Waals surface area contributed by atoms with Gasteiger partial charge in [0.2, 0.25) is 0 Å². The van der Waals surface area contributed by atoms with E-state index in [1.54, 1.807) is 0 Å². The Bertz CT molecular complexity index is 1310. The Balaban J connectivity index is 1.96. The highest BCUT2D eigenvalue weighted by Crippen LogP contribution is 2.40. The van der Waals surface area contributed by atoms with Crippen molar-refractivity contribution >= 4 is 32.6 Å². The van der Waals surface area contributed by atoms with E-state index >= 15 is 0 Å². The molecule has 2 aromatic heterocycles. The number of aromatic nitrogens is 2. The topological polar surface area (TPSA) is 48.9 Å². The van der Waals surface area contributed by atoms with Gasteiger partial charge in [0.25, 0.3) is 0 Å². The molecule has 2 heterocycles. The first-order valence-electron chi connectivity index (χ1n) is 9.13. The molecule has 0 aliphatic heterocycles. The third kappa shape index (κ3) is 2.43. The second-order valence-electron chi connectivity index (χ2n) is 7.54. The van der Waals surface area contributed by atoms with E-state index in [0.29, 0.717) is 0 Å². The second kappa shape index (κ2) is 5.66. The zero-order valence-corrected chi connectivity index (χ0v) is 15.3. The Morgan fingerprint density at radius 1 is 0.815 bits per heavy atom. The zero-order valence-electron chi connectivity index (χ0n) is 15.3. The van der Waals surface area contributed by atoms with Gasteiger partial charge in [0.05, 0.1) is 5.60 Å². The molecule has 0 spiro atoms. The Kier molecular flexibility index (Phi) is 3.36. The van der Waals surface area contributed by atoms with Gasteiger partial charge in [-0.2, -0.15) is 0 Å². The average molecular weight is 352 g/mol. The predicted octanol–water partition coefficient (Wildman–Crippen LogP) is 5.76. The fourth-order valence-electron chi connectivity index (χ4n) is 4.09. The molecule has 0 saturated carbocycles. The average Bonchev–Trinajstić information content (AvgIpc) is 3.05. The Labute approximate surface area is 157 Å². The summed E-state index contributed by atoms with van der Waals surface area (Å²) < 4.78 is 0. The van der Waals surface area contributed by atoms with Gasteiger partial charge in [0, 0.05) is 34.2 Å². The van der Waals surface area contributed by atoms with Crippen molar-refractivity contribution in [2.45, 2.75) is 19.4 Å². The Hall–Kier alpha value is -3.17. The first-order chi connectivity index (χ1) is 13.0. The van der Waals surface area contributed by atoms with Crippen LogP contribution in [-0.4, -0.2) is 15.1 Å². The largest absolute Gasteiger partial charge is 0.386 e.